The number of nitrogens with zero attached hydrogens (tertiary/aromatic N) is 2. The van der Waals surface area contributed by atoms with E-state index in [1.807, 2.05) is 0 Å². The predicted octanol–water partition coefficient (Wildman–Crippen LogP) is -0.321. The van der Waals surface area contributed by atoms with Crippen molar-refractivity contribution in [1.29, 1.82) is 10.8 Å². The second kappa shape index (κ2) is 5.40. The van der Waals surface area contributed by atoms with Crippen LogP contribution < -0.4 is 11.5 Å². The Morgan fingerprint density at radius 2 is 1.71 bits per heavy atom. The summed E-state index contributed by atoms with van der Waals surface area (Å²) in [6.45, 7) is 0. The van der Waals surface area contributed by atoms with Crippen LogP contribution in [0.3, 0.4) is 0 Å². The van der Waals surface area contributed by atoms with Crippen LogP contribution in [0.1, 0.15) is 5.56 Å². The van der Waals surface area contributed by atoms with Crippen LogP contribution in [-0.4, -0.2) is 28.9 Å². The van der Waals surface area contributed by atoms with Crippen LogP contribution in [-0.2, 0) is 4.79 Å². The third kappa shape index (κ3) is 3.13. The SMILES string of the molecule is N=C(N)N(/N=C(/C=O)c1ccccc1)C(=N)N. The van der Waals surface area contributed by atoms with Crippen molar-refractivity contribution < 1.29 is 4.79 Å². The molecule has 0 unspecified atom stereocenters. The van der Waals surface area contributed by atoms with E-state index < -0.39 is 11.9 Å². The molecule has 0 aromatic heterocycles. The van der Waals surface area contributed by atoms with E-state index in [9.17, 15) is 4.79 Å². The fourth-order valence-electron chi connectivity index (χ4n) is 1.10. The van der Waals surface area contributed by atoms with E-state index in [4.69, 9.17) is 22.3 Å². The molecular formula is C10H12N6O. The van der Waals surface area contributed by atoms with E-state index in [0.29, 0.717) is 16.9 Å². The zero-order valence-electron chi connectivity index (χ0n) is 8.92. The van der Waals surface area contributed by atoms with Gasteiger partial charge < -0.3 is 11.5 Å². The fraction of sp³-hybridized carbons (Fsp3) is 0. The molecule has 88 valence electrons. The second-order valence-electron chi connectivity index (χ2n) is 3.05. The number of nitrogens with two attached hydrogens (primary N) is 2. The van der Waals surface area contributed by atoms with Gasteiger partial charge in [0.15, 0.2) is 6.29 Å². The molecule has 0 aliphatic carbocycles. The molecule has 0 bridgehead atoms. The lowest BCUT2D eigenvalue weighted by Crippen LogP contribution is -2.42. The van der Waals surface area contributed by atoms with Gasteiger partial charge in [-0.2, -0.15) is 10.1 Å². The molecule has 0 saturated heterocycles. The molecule has 1 rings (SSSR count). The van der Waals surface area contributed by atoms with Crippen molar-refractivity contribution in [3.8, 4) is 0 Å². The lowest BCUT2D eigenvalue weighted by atomic mass is 10.1. The van der Waals surface area contributed by atoms with Crippen molar-refractivity contribution in [3.05, 3.63) is 35.9 Å². The zero-order chi connectivity index (χ0) is 12.8. The van der Waals surface area contributed by atoms with Crippen molar-refractivity contribution >= 4 is 23.9 Å². The van der Waals surface area contributed by atoms with E-state index >= 15 is 0 Å². The summed E-state index contributed by atoms with van der Waals surface area (Å²) in [5.41, 5.74) is 11.0. The molecule has 0 aliphatic heterocycles. The van der Waals surface area contributed by atoms with E-state index in [1.165, 1.54) is 0 Å². The number of rotatable bonds is 3. The van der Waals surface area contributed by atoms with Crippen LogP contribution in [0.5, 0.6) is 0 Å². The smallest absolute Gasteiger partial charge is 0.216 e. The standard InChI is InChI=1S/C10H12N6O/c11-9(12)16(10(13)14)15-8(6-17)7-4-2-1-3-5-7/h1-6H,(H3,11,12)(H3,13,14)/b15-8-. The van der Waals surface area contributed by atoms with Gasteiger partial charge in [0.05, 0.1) is 0 Å². The average molecular weight is 232 g/mol. The molecule has 0 atom stereocenters. The predicted molar refractivity (Wildman–Crippen MR) is 64.7 cm³/mol. The molecule has 0 aliphatic rings. The van der Waals surface area contributed by atoms with Crippen LogP contribution in [0.25, 0.3) is 0 Å². The van der Waals surface area contributed by atoms with Gasteiger partial charge >= 0.3 is 0 Å². The van der Waals surface area contributed by atoms with Crippen molar-refractivity contribution in [2.75, 3.05) is 0 Å². The summed E-state index contributed by atoms with van der Waals surface area (Å²) in [4.78, 5) is 10.9. The minimum Gasteiger partial charge on any atom is -0.368 e. The Labute approximate surface area is 97.7 Å². The first-order valence-corrected chi connectivity index (χ1v) is 4.63. The minimum absolute atomic E-state index is 0.0380. The van der Waals surface area contributed by atoms with Gasteiger partial charge in [0.25, 0.3) is 0 Å². The molecule has 0 fully saturated rings. The molecule has 17 heavy (non-hydrogen) atoms. The Hall–Kier alpha value is -2.70. The Bertz CT molecular complexity index is 453. The number of aldehydes is 1. The molecule has 7 heteroatoms. The molecule has 0 spiro atoms. The van der Waals surface area contributed by atoms with Crippen molar-refractivity contribution in [3.63, 3.8) is 0 Å². The van der Waals surface area contributed by atoms with Gasteiger partial charge in [-0.25, -0.2) is 0 Å². The normalized spacial score (nSPS) is 10.7. The Morgan fingerprint density at radius 1 is 1.18 bits per heavy atom. The first-order chi connectivity index (χ1) is 8.06. The quantitative estimate of drug-likeness (QED) is 0.246. The maximum atomic E-state index is 10.9. The summed E-state index contributed by atoms with van der Waals surface area (Å²) in [7, 11) is 0. The number of hydrogen-bond acceptors (Lipinski definition) is 4. The molecule has 0 amide bonds. The van der Waals surface area contributed by atoms with Crippen molar-refractivity contribution in [2.45, 2.75) is 0 Å². The van der Waals surface area contributed by atoms with Gasteiger partial charge in [0, 0.05) is 5.56 Å². The molecule has 1 aromatic rings. The molecule has 0 saturated carbocycles. The topological polar surface area (TPSA) is 132 Å². The first kappa shape index (κ1) is 12.4. The highest BCUT2D eigenvalue weighted by Gasteiger charge is 2.11. The fourth-order valence-corrected chi connectivity index (χ4v) is 1.10. The highest BCUT2D eigenvalue weighted by Crippen LogP contribution is 2.01. The third-order valence-electron chi connectivity index (χ3n) is 1.85. The van der Waals surface area contributed by atoms with Crippen LogP contribution in [0, 0.1) is 10.8 Å². The van der Waals surface area contributed by atoms with Crippen LogP contribution in [0.2, 0.25) is 0 Å². The lowest BCUT2D eigenvalue weighted by molar-refractivity contribution is -0.102. The highest BCUT2D eigenvalue weighted by atomic mass is 16.1. The van der Waals surface area contributed by atoms with E-state index in [1.54, 1.807) is 30.3 Å². The highest BCUT2D eigenvalue weighted by molar-refractivity contribution is 6.36. The van der Waals surface area contributed by atoms with E-state index in [-0.39, 0.29) is 5.71 Å². The number of carbonyl (C=O) groups is 1. The van der Waals surface area contributed by atoms with Gasteiger partial charge in [-0.05, 0) is 0 Å². The maximum Gasteiger partial charge on any atom is 0.216 e. The summed E-state index contributed by atoms with van der Waals surface area (Å²) >= 11 is 0. The zero-order valence-corrected chi connectivity index (χ0v) is 8.92. The summed E-state index contributed by atoms with van der Waals surface area (Å²) in [6, 6.07) is 8.61. The summed E-state index contributed by atoms with van der Waals surface area (Å²) in [6.07, 6.45) is 0.508. The van der Waals surface area contributed by atoms with Crippen molar-refractivity contribution in [2.24, 2.45) is 16.6 Å². The molecule has 6 N–H and O–H groups in total. The number of carbonyl (C=O) groups excluding carboxylic acids is 1. The summed E-state index contributed by atoms with van der Waals surface area (Å²) in [5, 5.41) is 18.8. The Balaban J connectivity index is 3.13. The molecule has 0 heterocycles. The minimum atomic E-state index is -0.534. The number of hydrazone groups is 1. The monoisotopic (exact) mass is 232 g/mol. The molecule has 1 aromatic carbocycles. The van der Waals surface area contributed by atoms with E-state index in [0.717, 1.165) is 0 Å². The summed E-state index contributed by atoms with van der Waals surface area (Å²) < 4.78 is 0. The number of hydrogen-bond donors (Lipinski definition) is 4. The average Bonchev–Trinajstić information content (AvgIpc) is 2.30. The Morgan fingerprint density at radius 3 is 2.12 bits per heavy atom. The maximum absolute atomic E-state index is 10.9. The van der Waals surface area contributed by atoms with Gasteiger partial charge in [0.2, 0.25) is 11.9 Å². The number of benzene rings is 1. The molecule has 0 radical (unpaired) electrons. The Kier molecular flexibility index (Phi) is 3.93. The van der Waals surface area contributed by atoms with E-state index in [2.05, 4.69) is 5.10 Å². The largest absolute Gasteiger partial charge is 0.368 e. The van der Waals surface area contributed by atoms with Gasteiger partial charge in [-0.1, -0.05) is 30.3 Å². The molecular weight excluding hydrogens is 220 g/mol. The first-order valence-electron chi connectivity index (χ1n) is 4.63. The lowest BCUT2D eigenvalue weighted by Gasteiger charge is -2.14. The molecule has 7 nitrogen and oxygen atoms in total. The second-order valence-corrected chi connectivity index (χ2v) is 3.05. The summed E-state index contributed by atoms with van der Waals surface area (Å²) in [5.74, 6) is -1.07. The van der Waals surface area contributed by atoms with Gasteiger partial charge in [0.1, 0.15) is 5.71 Å². The third-order valence-corrected chi connectivity index (χ3v) is 1.85. The number of guanidine groups is 2. The van der Waals surface area contributed by atoms with Crippen molar-refractivity contribution in [1.82, 2.24) is 5.01 Å². The van der Waals surface area contributed by atoms with Crippen LogP contribution in [0.15, 0.2) is 35.4 Å². The van der Waals surface area contributed by atoms with Gasteiger partial charge in [-0.3, -0.25) is 15.6 Å². The van der Waals surface area contributed by atoms with Crippen LogP contribution in [0.4, 0.5) is 0 Å². The van der Waals surface area contributed by atoms with Gasteiger partial charge in [-0.15, -0.1) is 0 Å². The number of nitrogens with one attached hydrogen (secondary N) is 2. The van der Waals surface area contributed by atoms with Crippen LogP contribution >= 0.6 is 0 Å².